The molecule has 2 aromatic heterocycles. The Labute approximate surface area is 214 Å². The molecule has 12 heteroatoms. The number of carbonyl (C=O) groups is 1. The number of benzene rings is 2. The lowest BCUT2D eigenvalue weighted by molar-refractivity contribution is -0.139. The second-order valence-electron chi connectivity index (χ2n) is 8.99. The number of fused-ring (bicyclic) bond motifs is 1. The molecule has 38 heavy (non-hydrogen) atoms. The predicted octanol–water partition coefficient (Wildman–Crippen LogP) is 5.42. The predicted molar refractivity (Wildman–Crippen MR) is 130 cm³/mol. The number of alkyl halides is 3. The van der Waals surface area contributed by atoms with Crippen molar-refractivity contribution in [1.29, 1.82) is 0 Å². The number of hydrogen-bond donors (Lipinski definition) is 2. The van der Waals surface area contributed by atoms with Crippen LogP contribution in [0.2, 0.25) is 0 Å². The van der Waals surface area contributed by atoms with Crippen molar-refractivity contribution < 1.29 is 32.2 Å². The van der Waals surface area contributed by atoms with Crippen LogP contribution in [-0.4, -0.2) is 49.8 Å². The zero-order valence-corrected chi connectivity index (χ0v) is 20.0. The number of anilines is 1. The minimum Gasteiger partial charge on any atom is -0.439 e. The van der Waals surface area contributed by atoms with Crippen LogP contribution in [0.1, 0.15) is 24.1 Å². The van der Waals surface area contributed by atoms with Crippen LogP contribution in [0.3, 0.4) is 0 Å². The number of amides is 1. The Hall–Kier alpha value is -4.03. The first kappa shape index (κ1) is 25.6. The van der Waals surface area contributed by atoms with Crippen molar-refractivity contribution in [3.63, 3.8) is 0 Å². The van der Waals surface area contributed by atoms with E-state index < -0.39 is 23.6 Å². The van der Waals surface area contributed by atoms with Gasteiger partial charge in [-0.25, -0.2) is 19.2 Å². The number of halogens is 4. The molecule has 5 rings (SSSR count). The van der Waals surface area contributed by atoms with Gasteiger partial charge in [-0.05, 0) is 55.3 Å². The highest BCUT2D eigenvalue weighted by Gasteiger charge is 2.34. The Kier molecular flexibility index (Phi) is 7.00. The van der Waals surface area contributed by atoms with Gasteiger partial charge >= 0.3 is 12.2 Å². The van der Waals surface area contributed by atoms with E-state index in [0.29, 0.717) is 41.2 Å². The average Bonchev–Trinajstić information content (AvgIpc) is 3.30. The van der Waals surface area contributed by atoms with E-state index in [9.17, 15) is 27.5 Å². The van der Waals surface area contributed by atoms with Gasteiger partial charge in [0, 0.05) is 43.0 Å². The van der Waals surface area contributed by atoms with E-state index in [1.807, 2.05) is 0 Å². The van der Waals surface area contributed by atoms with Gasteiger partial charge in [-0.3, -0.25) is 9.47 Å². The third kappa shape index (κ3) is 5.76. The number of hydrogen-bond acceptors (Lipinski definition) is 6. The van der Waals surface area contributed by atoms with E-state index in [4.69, 9.17) is 4.74 Å². The normalized spacial score (nSPS) is 15.1. The van der Waals surface area contributed by atoms with Crippen molar-refractivity contribution in [3.8, 4) is 11.6 Å². The Morgan fingerprint density at radius 2 is 1.87 bits per heavy atom. The molecule has 8 nitrogen and oxygen atoms in total. The quantitative estimate of drug-likeness (QED) is 0.336. The van der Waals surface area contributed by atoms with Crippen LogP contribution in [0.4, 0.5) is 28.0 Å². The number of aliphatic hydroxyl groups is 1. The van der Waals surface area contributed by atoms with Crippen molar-refractivity contribution in [2.45, 2.75) is 31.7 Å². The highest BCUT2D eigenvalue weighted by atomic mass is 19.4. The summed E-state index contributed by atoms with van der Waals surface area (Å²) in [5, 5.41) is 12.7. The van der Waals surface area contributed by atoms with Gasteiger partial charge in [-0.1, -0.05) is 0 Å². The van der Waals surface area contributed by atoms with Crippen molar-refractivity contribution in [2.24, 2.45) is 0 Å². The molecule has 4 aromatic rings. The Morgan fingerprint density at radius 3 is 2.63 bits per heavy atom. The van der Waals surface area contributed by atoms with E-state index in [2.05, 4.69) is 20.2 Å². The molecule has 0 spiro atoms. The van der Waals surface area contributed by atoms with E-state index in [1.165, 1.54) is 17.1 Å². The van der Waals surface area contributed by atoms with E-state index >= 15 is 0 Å². The molecule has 1 amide bonds. The molecule has 0 aliphatic carbocycles. The van der Waals surface area contributed by atoms with Gasteiger partial charge in [0.15, 0.2) is 0 Å². The molecule has 2 aromatic carbocycles. The molecule has 1 fully saturated rings. The van der Waals surface area contributed by atoms with Gasteiger partial charge in [0.1, 0.15) is 17.9 Å². The van der Waals surface area contributed by atoms with Crippen LogP contribution in [0.15, 0.2) is 61.1 Å². The summed E-state index contributed by atoms with van der Waals surface area (Å²) in [5.74, 6) is -0.605. The van der Waals surface area contributed by atoms with Crippen molar-refractivity contribution in [3.05, 3.63) is 78.1 Å². The summed E-state index contributed by atoms with van der Waals surface area (Å²) in [6.07, 6.45) is -0.798. The minimum atomic E-state index is -4.89. The van der Waals surface area contributed by atoms with Gasteiger partial charge in [-0.2, -0.15) is 13.2 Å². The molecule has 0 saturated carbocycles. The smallest absolute Gasteiger partial charge is 0.419 e. The number of likely N-dealkylation sites (tertiary alicyclic amines) is 1. The van der Waals surface area contributed by atoms with Crippen LogP contribution in [0.5, 0.6) is 11.6 Å². The highest BCUT2D eigenvalue weighted by Crippen LogP contribution is 2.33. The maximum Gasteiger partial charge on any atom is 0.419 e. The Bertz CT molecular complexity index is 1470. The molecule has 0 radical (unpaired) electrons. The number of nitrogens with one attached hydrogen (secondary N) is 1. The monoisotopic (exact) mass is 529 g/mol. The van der Waals surface area contributed by atoms with Crippen molar-refractivity contribution in [1.82, 2.24) is 19.4 Å². The largest absolute Gasteiger partial charge is 0.439 e. The van der Waals surface area contributed by atoms with Crippen LogP contribution in [0, 0.1) is 5.82 Å². The van der Waals surface area contributed by atoms with Crippen LogP contribution >= 0.6 is 0 Å². The first-order chi connectivity index (χ1) is 18.2. The summed E-state index contributed by atoms with van der Waals surface area (Å²) in [7, 11) is 0. The van der Waals surface area contributed by atoms with Gasteiger partial charge in [0.05, 0.1) is 22.9 Å². The van der Waals surface area contributed by atoms with Gasteiger partial charge in [-0.15, -0.1) is 0 Å². The number of piperidine rings is 1. The molecule has 2 N–H and O–H groups in total. The summed E-state index contributed by atoms with van der Waals surface area (Å²) in [6.45, 7) is 2.18. The van der Waals surface area contributed by atoms with E-state index in [-0.39, 0.29) is 11.8 Å². The molecule has 1 aliphatic heterocycles. The first-order valence-corrected chi connectivity index (χ1v) is 11.8. The number of aliphatic hydroxyl groups excluding tert-OH is 1. The zero-order chi connectivity index (χ0) is 26.9. The number of aromatic nitrogens is 3. The van der Waals surface area contributed by atoms with E-state index in [0.717, 1.165) is 37.7 Å². The fourth-order valence-corrected chi connectivity index (χ4v) is 4.31. The zero-order valence-electron chi connectivity index (χ0n) is 20.0. The molecule has 0 unspecified atom stereocenters. The molecular weight excluding hydrogens is 506 g/mol. The Balaban J connectivity index is 1.28. The van der Waals surface area contributed by atoms with Crippen LogP contribution in [0.25, 0.3) is 10.9 Å². The topological polar surface area (TPSA) is 92.5 Å². The standard InChI is InChI=1S/C26H23F4N5O3/c27-22-3-1-17(12-21(22)26(28,29)30)33-25(37)35-10-5-16-11-20(2-4-23(16)35)38-24-13-18(31-15-32-24)14-34-8-6-19(36)7-9-34/h1-5,10-13,15,19,36H,6-9,14H2,(H,33,37). The molecular formula is C26H23F4N5O3. The number of rotatable bonds is 5. The van der Waals surface area contributed by atoms with Gasteiger partial charge in [0.2, 0.25) is 5.88 Å². The number of ether oxygens (including phenoxy) is 1. The van der Waals surface area contributed by atoms with Crippen LogP contribution < -0.4 is 10.1 Å². The molecule has 0 bridgehead atoms. The fraction of sp³-hybridized carbons (Fsp3) is 0.269. The van der Waals surface area contributed by atoms with Crippen LogP contribution in [-0.2, 0) is 12.7 Å². The third-order valence-electron chi connectivity index (χ3n) is 6.27. The maximum absolute atomic E-state index is 13.6. The maximum atomic E-state index is 13.6. The second-order valence-corrected chi connectivity index (χ2v) is 8.99. The lowest BCUT2D eigenvalue weighted by Gasteiger charge is -2.29. The molecule has 0 atom stereocenters. The molecule has 198 valence electrons. The number of nitrogens with zero attached hydrogens (tertiary/aromatic N) is 4. The third-order valence-corrected chi connectivity index (χ3v) is 6.27. The number of carbonyl (C=O) groups excluding carboxylic acids is 1. The molecule has 1 saturated heterocycles. The van der Waals surface area contributed by atoms with Gasteiger partial charge < -0.3 is 15.2 Å². The molecule has 1 aliphatic rings. The average molecular weight is 529 g/mol. The first-order valence-electron chi connectivity index (χ1n) is 11.8. The fourth-order valence-electron chi connectivity index (χ4n) is 4.31. The Morgan fingerprint density at radius 1 is 1.08 bits per heavy atom. The lowest BCUT2D eigenvalue weighted by atomic mass is 10.1. The van der Waals surface area contributed by atoms with Crippen molar-refractivity contribution in [2.75, 3.05) is 18.4 Å². The summed E-state index contributed by atoms with van der Waals surface area (Å²) >= 11 is 0. The highest BCUT2D eigenvalue weighted by molar-refractivity contribution is 5.98. The summed E-state index contributed by atoms with van der Waals surface area (Å²) in [6, 6.07) is 9.93. The summed E-state index contributed by atoms with van der Waals surface area (Å²) in [5.41, 5.74) is -0.378. The SMILES string of the molecule is O=C(Nc1ccc(F)c(C(F)(F)F)c1)n1ccc2cc(Oc3cc(CN4CCC(O)CC4)ncn3)ccc21. The van der Waals surface area contributed by atoms with Crippen molar-refractivity contribution >= 4 is 22.6 Å². The lowest BCUT2D eigenvalue weighted by Crippen LogP contribution is -2.35. The second kappa shape index (κ2) is 10.4. The summed E-state index contributed by atoms with van der Waals surface area (Å²) in [4.78, 5) is 23.4. The molecule has 3 heterocycles. The summed E-state index contributed by atoms with van der Waals surface area (Å²) < 4.78 is 59.7. The minimum absolute atomic E-state index is 0.189. The van der Waals surface area contributed by atoms with E-state index in [1.54, 1.807) is 30.3 Å². The van der Waals surface area contributed by atoms with Gasteiger partial charge in [0.25, 0.3) is 0 Å².